The third-order valence-corrected chi connectivity index (χ3v) is 6.63. The lowest BCUT2D eigenvalue weighted by atomic mass is 10.0. The molecule has 0 saturated carbocycles. The molecule has 1 aromatic heterocycles. The maximum atomic E-state index is 12.4. The Morgan fingerprint density at radius 3 is 2.59 bits per heavy atom. The van der Waals surface area contributed by atoms with E-state index in [0.717, 1.165) is 37.0 Å². The molecule has 0 spiro atoms. The van der Waals surface area contributed by atoms with E-state index in [2.05, 4.69) is 14.8 Å². The number of methoxy groups -OCH3 is 1. The van der Waals surface area contributed by atoms with Crippen molar-refractivity contribution in [1.29, 1.82) is 0 Å². The van der Waals surface area contributed by atoms with Crippen molar-refractivity contribution < 1.29 is 17.9 Å². The number of thiophene rings is 1. The number of fused-ring (bicyclic) bond motifs is 2. The smallest absolute Gasteiger partial charge is 0.348 e. The van der Waals surface area contributed by atoms with Crippen LogP contribution in [0.25, 0.3) is 0 Å². The molecule has 0 aliphatic carbocycles. The SMILES string of the molecule is COC(=O)c1cc(S(=O)(=O)NC2CC3CCC(C2)N3)cs1.Cl. The Bertz CT molecular complexity index is 634. The number of esters is 1. The van der Waals surface area contributed by atoms with Gasteiger partial charge < -0.3 is 10.1 Å². The first-order valence-corrected chi connectivity index (χ1v) is 9.29. The van der Waals surface area contributed by atoms with E-state index in [4.69, 9.17) is 0 Å². The zero-order valence-corrected chi connectivity index (χ0v) is 14.5. The molecule has 2 unspecified atom stereocenters. The fourth-order valence-corrected chi connectivity index (χ4v) is 5.56. The predicted molar refractivity (Wildman–Crippen MR) is 86.2 cm³/mol. The van der Waals surface area contributed by atoms with Gasteiger partial charge in [0.1, 0.15) is 4.88 Å². The minimum Gasteiger partial charge on any atom is -0.465 e. The van der Waals surface area contributed by atoms with Gasteiger partial charge in [-0.1, -0.05) is 0 Å². The van der Waals surface area contributed by atoms with E-state index in [9.17, 15) is 13.2 Å². The van der Waals surface area contributed by atoms with Crippen molar-refractivity contribution in [3.8, 4) is 0 Å². The molecule has 9 heteroatoms. The Morgan fingerprint density at radius 1 is 1.36 bits per heavy atom. The Labute approximate surface area is 140 Å². The first kappa shape index (κ1) is 17.7. The normalized spacial score (nSPS) is 27.2. The minimum absolute atomic E-state index is 0. The number of hydrogen-bond acceptors (Lipinski definition) is 6. The highest BCUT2D eigenvalue weighted by molar-refractivity contribution is 7.89. The summed E-state index contributed by atoms with van der Waals surface area (Å²) in [5, 5.41) is 4.95. The van der Waals surface area contributed by atoms with E-state index in [-0.39, 0.29) is 23.3 Å². The highest BCUT2D eigenvalue weighted by Crippen LogP contribution is 2.28. The van der Waals surface area contributed by atoms with Crippen LogP contribution >= 0.6 is 23.7 Å². The standard InChI is InChI=1S/C13H18N2O4S2.ClH/c1-19-13(16)12-6-11(7-20-12)21(17,18)15-10-4-8-2-3-9(5-10)14-8;/h6-10,14-15H,2-5H2,1H3;1H. The van der Waals surface area contributed by atoms with Crippen LogP contribution in [-0.4, -0.2) is 39.6 Å². The van der Waals surface area contributed by atoms with E-state index < -0.39 is 16.0 Å². The first-order valence-electron chi connectivity index (χ1n) is 6.93. The molecular formula is C13H19ClN2O4S2. The van der Waals surface area contributed by atoms with Crippen LogP contribution in [0.4, 0.5) is 0 Å². The predicted octanol–water partition coefficient (Wildman–Crippen LogP) is 1.52. The highest BCUT2D eigenvalue weighted by atomic mass is 35.5. The first-order chi connectivity index (χ1) is 9.98. The largest absolute Gasteiger partial charge is 0.465 e. The summed E-state index contributed by atoms with van der Waals surface area (Å²) in [5.41, 5.74) is 0. The Kier molecular flexibility index (Phi) is 5.50. The molecular weight excluding hydrogens is 348 g/mol. The van der Waals surface area contributed by atoms with Gasteiger partial charge in [-0.05, 0) is 31.7 Å². The van der Waals surface area contributed by atoms with E-state index in [1.54, 1.807) is 0 Å². The molecule has 1 aromatic rings. The van der Waals surface area contributed by atoms with Crippen LogP contribution in [0.2, 0.25) is 0 Å². The average molecular weight is 367 g/mol. The lowest BCUT2D eigenvalue weighted by Crippen LogP contribution is -2.47. The van der Waals surface area contributed by atoms with Crippen LogP contribution in [-0.2, 0) is 14.8 Å². The third-order valence-electron chi connectivity index (χ3n) is 4.07. The van der Waals surface area contributed by atoms with Crippen molar-refractivity contribution in [3.05, 3.63) is 16.3 Å². The van der Waals surface area contributed by atoms with Gasteiger partial charge in [0.25, 0.3) is 0 Å². The molecule has 2 fully saturated rings. The van der Waals surface area contributed by atoms with Gasteiger partial charge in [-0.25, -0.2) is 17.9 Å². The lowest BCUT2D eigenvalue weighted by molar-refractivity contribution is 0.0606. The van der Waals surface area contributed by atoms with Crippen LogP contribution in [0.3, 0.4) is 0 Å². The molecule has 2 aliphatic heterocycles. The third kappa shape index (κ3) is 3.62. The maximum Gasteiger partial charge on any atom is 0.348 e. The summed E-state index contributed by atoms with van der Waals surface area (Å²) in [5.74, 6) is -0.513. The second-order valence-corrected chi connectivity index (χ2v) is 8.19. The van der Waals surface area contributed by atoms with Crippen LogP contribution in [0.1, 0.15) is 35.4 Å². The van der Waals surface area contributed by atoms with Gasteiger partial charge in [0.2, 0.25) is 10.0 Å². The summed E-state index contributed by atoms with van der Waals surface area (Å²) in [4.78, 5) is 11.8. The zero-order chi connectivity index (χ0) is 15.0. The van der Waals surface area contributed by atoms with Crippen molar-refractivity contribution in [3.63, 3.8) is 0 Å². The number of halogens is 1. The quantitative estimate of drug-likeness (QED) is 0.789. The van der Waals surface area contributed by atoms with Crippen molar-refractivity contribution in [1.82, 2.24) is 10.0 Å². The summed E-state index contributed by atoms with van der Waals surface area (Å²) < 4.78 is 32.1. The number of ether oxygens (including phenoxy) is 1. The molecule has 3 heterocycles. The molecule has 0 aromatic carbocycles. The van der Waals surface area contributed by atoms with Crippen LogP contribution in [0.15, 0.2) is 16.3 Å². The topological polar surface area (TPSA) is 84.5 Å². The van der Waals surface area contributed by atoms with E-state index in [1.807, 2.05) is 0 Å². The number of rotatable bonds is 4. The molecule has 0 amide bonds. The van der Waals surface area contributed by atoms with Crippen molar-refractivity contribution in [2.75, 3.05) is 7.11 Å². The molecule has 2 aliphatic rings. The number of carbonyl (C=O) groups excluding carboxylic acids is 1. The second kappa shape index (κ2) is 6.84. The number of piperidine rings is 1. The van der Waals surface area contributed by atoms with Crippen molar-refractivity contribution in [2.24, 2.45) is 0 Å². The molecule has 22 heavy (non-hydrogen) atoms. The van der Waals surface area contributed by atoms with Crippen molar-refractivity contribution >= 4 is 39.7 Å². The lowest BCUT2D eigenvalue weighted by Gasteiger charge is -2.29. The van der Waals surface area contributed by atoms with Gasteiger partial charge in [-0.3, -0.25) is 0 Å². The van der Waals surface area contributed by atoms with E-state index >= 15 is 0 Å². The van der Waals surface area contributed by atoms with Crippen LogP contribution in [0, 0.1) is 0 Å². The van der Waals surface area contributed by atoms with Crippen molar-refractivity contribution in [2.45, 2.75) is 48.7 Å². The Morgan fingerprint density at radius 2 is 2.00 bits per heavy atom. The summed E-state index contributed by atoms with van der Waals surface area (Å²) in [6, 6.07) is 2.18. The van der Waals surface area contributed by atoms with Crippen LogP contribution < -0.4 is 10.0 Å². The summed E-state index contributed by atoms with van der Waals surface area (Å²) in [6.07, 6.45) is 3.88. The molecule has 6 nitrogen and oxygen atoms in total. The molecule has 2 saturated heterocycles. The maximum absolute atomic E-state index is 12.4. The van der Waals surface area contributed by atoms with Gasteiger partial charge >= 0.3 is 5.97 Å². The second-order valence-electron chi connectivity index (χ2n) is 5.57. The van der Waals surface area contributed by atoms with Crippen LogP contribution in [0.5, 0.6) is 0 Å². The molecule has 2 bridgehead atoms. The highest BCUT2D eigenvalue weighted by Gasteiger charge is 2.35. The molecule has 124 valence electrons. The Balaban J connectivity index is 0.00000176. The fraction of sp³-hybridized carbons (Fsp3) is 0.615. The summed E-state index contributed by atoms with van der Waals surface area (Å²) >= 11 is 1.08. The van der Waals surface area contributed by atoms with Gasteiger partial charge in [-0.2, -0.15) is 0 Å². The molecule has 2 atom stereocenters. The number of nitrogens with one attached hydrogen (secondary N) is 2. The minimum atomic E-state index is -3.58. The number of sulfonamides is 1. The van der Waals surface area contributed by atoms with E-state index in [1.165, 1.54) is 18.6 Å². The monoisotopic (exact) mass is 366 g/mol. The fourth-order valence-electron chi connectivity index (χ4n) is 3.11. The summed E-state index contributed by atoms with van der Waals surface area (Å²) in [6.45, 7) is 0. The van der Waals surface area contributed by atoms with Gasteiger partial charge in [0, 0.05) is 23.5 Å². The van der Waals surface area contributed by atoms with Gasteiger partial charge in [0.15, 0.2) is 0 Å². The van der Waals surface area contributed by atoms with Gasteiger partial charge in [-0.15, -0.1) is 23.7 Å². The molecule has 0 radical (unpaired) electrons. The zero-order valence-electron chi connectivity index (χ0n) is 12.1. The summed E-state index contributed by atoms with van der Waals surface area (Å²) in [7, 11) is -2.30. The van der Waals surface area contributed by atoms with E-state index in [0.29, 0.717) is 17.0 Å². The number of hydrogen-bond donors (Lipinski definition) is 2. The molecule has 2 N–H and O–H groups in total. The van der Waals surface area contributed by atoms with Gasteiger partial charge in [0.05, 0.1) is 12.0 Å². The average Bonchev–Trinajstić information content (AvgIpc) is 3.05. The Hall–Kier alpha value is -0.670. The molecule has 3 rings (SSSR count). The number of carbonyl (C=O) groups is 1.